The highest BCUT2D eigenvalue weighted by molar-refractivity contribution is 6.05. The maximum Gasteiger partial charge on any atom is 0.280 e. The first-order valence-corrected chi connectivity index (χ1v) is 6.23. The van der Waals surface area contributed by atoms with Crippen LogP contribution in [-0.2, 0) is 0 Å². The van der Waals surface area contributed by atoms with Crippen LogP contribution in [-0.4, -0.2) is 31.3 Å². The molecule has 0 aliphatic carbocycles. The van der Waals surface area contributed by atoms with Gasteiger partial charge in [0, 0.05) is 0 Å². The number of nitrogens with two attached hydrogens (primary N) is 1. The molecule has 8 heteroatoms. The summed E-state index contributed by atoms with van der Waals surface area (Å²) in [4.78, 5) is 16.2. The maximum absolute atomic E-state index is 12.1. The van der Waals surface area contributed by atoms with Crippen LogP contribution in [0.2, 0.25) is 0 Å². The van der Waals surface area contributed by atoms with Crippen molar-refractivity contribution in [2.75, 3.05) is 11.1 Å². The Kier molecular flexibility index (Phi) is 3.64. The van der Waals surface area contributed by atoms with E-state index in [1.54, 1.807) is 13.8 Å². The van der Waals surface area contributed by atoms with Crippen molar-refractivity contribution in [3.8, 4) is 0 Å². The van der Waals surface area contributed by atoms with Gasteiger partial charge >= 0.3 is 0 Å². The fraction of sp³-hybridized carbons (Fsp3) is 0.417. The molecule has 0 aliphatic heterocycles. The Morgan fingerprint density at radius 3 is 2.50 bits per heavy atom. The summed E-state index contributed by atoms with van der Waals surface area (Å²) in [6.07, 6.45) is 0. The number of nitrogens with one attached hydrogen (secondary N) is 2. The maximum atomic E-state index is 12.1. The van der Waals surface area contributed by atoms with E-state index in [4.69, 9.17) is 5.73 Å². The second-order valence-corrected chi connectivity index (χ2v) is 4.81. The zero-order valence-electron chi connectivity index (χ0n) is 11.9. The molecule has 2 aromatic rings. The SMILES string of the molecule is Cc1nnc(NC(=O)c2n[nH]c(C(C)C)c2N)nc1C. The smallest absolute Gasteiger partial charge is 0.280 e. The van der Waals surface area contributed by atoms with E-state index in [0.29, 0.717) is 17.1 Å². The van der Waals surface area contributed by atoms with Gasteiger partial charge in [-0.15, -0.1) is 5.10 Å². The van der Waals surface area contributed by atoms with Crippen molar-refractivity contribution in [2.45, 2.75) is 33.6 Å². The number of carbonyl (C=O) groups is 1. The number of aromatic amines is 1. The van der Waals surface area contributed by atoms with Crippen molar-refractivity contribution in [3.63, 3.8) is 0 Å². The van der Waals surface area contributed by atoms with Gasteiger partial charge in [-0.3, -0.25) is 15.2 Å². The van der Waals surface area contributed by atoms with Crippen molar-refractivity contribution < 1.29 is 4.79 Å². The van der Waals surface area contributed by atoms with Crippen molar-refractivity contribution in [3.05, 3.63) is 22.8 Å². The molecule has 0 aliphatic rings. The van der Waals surface area contributed by atoms with Gasteiger partial charge in [-0.25, -0.2) is 4.98 Å². The highest BCUT2D eigenvalue weighted by Gasteiger charge is 2.19. The Morgan fingerprint density at radius 2 is 1.95 bits per heavy atom. The van der Waals surface area contributed by atoms with Crippen molar-refractivity contribution >= 4 is 17.5 Å². The number of nitrogens with zero attached hydrogens (tertiary/aromatic N) is 4. The zero-order chi connectivity index (χ0) is 14.9. The van der Waals surface area contributed by atoms with Crippen molar-refractivity contribution in [1.82, 2.24) is 25.4 Å². The van der Waals surface area contributed by atoms with Gasteiger partial charge in [0.25, 0.3) is 5.91 Å². The van der Waals surface area contributed by atoms with E-state index in [0.717, 1.165) is 5.69 Å². The summed E-state index contributed by atoms with van der Waals surface area (Å²) in [5.74, 6) is -0.175. The molecule has 0 saturated heterocycles. The van der Waals surface area contributed by atoms with Crippen LogP contribution < -0.4 is 11.1 Å². The summed E-state index contributed by atoms with van der Waals surface area (Å²) < 4.78 is 0. The fourth-order valence-electron chi connectivity index (χ4n) is 1.65. The van der Waals surface area contributed by atoms with Gasteiger partial charge < -0.3 is 5.73 Å². The number of hydrogen-bond donors (Lipinski definition) is 3. The summed E-state index contributed by atoms with van der Waals surface area (Å²) in [7, 11) is 0. The number of carbonyl (C=O) groups excluding carboxylic acids is 1. The molecule has 2 aromatic heterocycles. The zero-order valence-corrected chi connectivity index (χ0v) is 11.9. The van der Waals surface area contributed by atoms with Gasteiger partial charge in [0.15, 0.2) is 5.69 Å². The predicted molar refractivity (Wildman–Crippen MR) is 74.3 cm³/mol. The van der Waals surface area contributed by atoms with Crippen LogP contribution in [0.4, 0.5) is 11.6 Å². The van der Waals surface area contributed by atoms with Crippen LogP contribution in [0, 0.1) is 13.8 Å². The standard InChI is InChI=1S/C12H17N7O/c1-5(2)9-8(13)10(18-17-9)11(20)15-12-14-6(3)7(4)16-19-12/h5H,13H2,1-4H3,(H,17,18)(H,14,15,19,20). The van der Waals surface area contributed by atoms with Crippen LogP contribution in [0.25, 0.3) is 0 Å². The number of anilines is 2. The van der Waals surface area contributed by atoms with E-state index in [-0.39, 0.29) is 17.6 Å². The minimum atomic E-state index is -0.462. The molecule has 4 N–H and O–H groups in total. The molecule has 0 atom stereocenters. The lowest BCUT2D eigenvalue weighted by atomic mass is 10.1. The Labute approximate surface area is 116 Å². The average Bonchev–Trinajstić information content (AvgIpc) is 2.76. The predicted octanol–water partition coefficient (Wildman–Crippen LogP) is 1.17. The number of aromatic nitrogens is 5. The molecule has 0 radical (unpaired) electrons. The Morgan fingerprint density at radius 1 is 1.25 bits per heavy atom. The third-order valence-electron chi connectivity index (χ3n) is 2.94. The lowest BCUT2D eigenvalue weighted by Crippen LogP contribution is -2.17. The van der Waals surface area contributed by atoms with Crippen LogP contribution >= 0.6 is 0 Å². The largest absolute Gasteiger partial charge is 0.395 e. The van der Waals surface area contributed by atoms with E-state index in [9.17, 15) is 4.79 Å². The summed E-state index contributed by atoms with van der Waals surface area (Å²) in [5.41, 5.74) is 8.52. The highest BCUT2D eigenvalue weighted by Crippen LogP contribution is 2.22. The molecular weight excluding hydrogens is 258 g/mol. The first kappa shape index (κ1) is 13.9. The van der Waals surface area contributed by atoms with Crippen LogP contribution in [0.1, 0.15) is 47.3 Å². The number of amides is 1. The van der Waals surface area contributed by atoms with Gasteiger partial charge in [0.05, 0.1) is 22.8 Å². The molecule has 1 amide bonds. The molecule has 0 aromatic carbocycles. The molecule has 0 saturated carbocycles. The third kappa shape index (κ3) is 2.58. The van der Waals surface area contributed by atoms with Gasteiger partial charge in [0.1, 0.15) is 0 Å². The number of H-pyrrole nitrogens is 1. The number of nitrogen functional groups attached to an aromatic ring is 1. The minimum Gasteiger partial charge on any atom is -0.395 e. The summed E-state index contributed by atoms with van der Waals surface area (Å²) in [5, 5.41) is 16.9. The van der Waals surface area contributed by atoms with Gasteiger partial charge in [0.2, 0.25) is 5.95 Å². The first-order chi connectivity index (χ1) is 9.40. The van der Waals surface area contributed by atoms with Gasteiger partial charge in [-0.2, -0.15) is 10.2 Å². The number of hydrogen-bond acceptors (Lipinski definition) is 6. The van der Waals surface area contributed by atoms with Gasteiger partial charge in [-0.05, 0) is 19.8 Å². The van der Waals surface area contributed by atoms with Crippen LogP contribution in [0.3, 0.4) is 0 Å². The monoisotopic (exact) mass is 275 g/mol. The lowest BCUT2D eigenvalue weighted by molar-refractivity contribution is 0.102. The molecule has 0 unspecified atom stereocenters. The molecule has 2 heterocycles. The molecule has 2 rings (SSSR count). The molecule has 0 spiro atoms. The minimum absolute atomic E-state index is 0.131. The molecule has 0 bridgehead atoms. The van der Waals surface area contributed by atoms with E-state index in [1.165, 1.54) is 0 Å². The number of aryl methyl sites for hydroxylation is 2. The topological polar surface area (TPSA) is 122 Å². The number of rotatable bonds is 3. The van der Waals surface area contributed by atoms with Crippen molar-refractivity contribution in [1.29, 1.82) is 0 Å². The second-order valence-electron chi connectivity index (χ2n) is 4.81. The normalized spacial score (nSPS) is 10.8. The Hall–Kier alpha value is -2.51. The molecular formula is C12H17N7O. The quantitative estimate of drug-likeness (QED) is 0.772. The van der Waals surface area contributed by atoms with Crippen LogP contribution in [0.5, 0.6) is 0 Å². The first-order valence-electron chi connectivity index (χ1n) is 6.23. The van der Waals surface area contributed by atoms with E-state index in [2.05, 4.69) is 30.7 Å². The molecule has 20 heavy (non-hydrogen) atoms. The van der Waals surface area contributed by atoms with Gasteiger partial charge in [-0.1, -0.05) is 13.8 Å². The summed E-state index contributed by atoms with van der Waals surface area (Å²) >= 11 is 0. The third-order valence-corrected chi connectivity index (χ3v) is 2.94. The van der Waals surface area contributed by atoms with E-state index >= 15 is 0 Å². The highest BCUT2D eigenvalue weighted by atomic mass is 16.2. The second kappa shape index (κ2) is 5.24. The van der Waals surface area contributed by atoms with E-state index < -0.39 is 5.91 Å². The van der Waals surface area contributed by atoms with Crippen LogP contribution in [0.15, 0.2) is 0 Å². The molecule has 0 fully saturated rings. The lowest BCUT2D eigenvalue weighted by Gasteiger charge is -2.04. The summed E-state index contributed by atoms with van der Waals surface area (Å²) in [6.45, 7) is 7.50. The van der Waals surface area contributed by atoms with E-state index in [1.807, 2.05) is 13.8 Å². The fourth-order valence-corrected chi connectivity index (χ4v) is 1.65. The average molecular weight is 275 g/mol. The molecule has 106 valence electrons. The Bertz CT molecular complexity index is 647. The molecule has 8 nitrogen and oxygen atoms in total. The Balaban J connectivity index is 2.22. The van der Waals surface area contributed by atoms with Crippen molar-refractivity contribution in [2.24, 2.45) is 0 Å². The summed E-state index contributed by atoms with van der Waals surface area (Å²) in [6, 6.07) is 0.